The molecule has 0 aliphatic carbocycles. The molecule has 0 bridgehead atoms. The van der Waals surface area contributed by atoms with Gasteiger partial charge in [0.1, 0.15) is 0 Å². The Labute approximate surface area is 108 Å². The molecule has 3 heteroatoms. The molecule has 1 atom stereocenters. The predicted molar refractivity (Wildman–Crippen MR) is 74.5 cm³/mol. The van der Waals surface area contributed by atoms with Crippen LogP contribution >= 0.6 is 0 Å². The molecule has 0 radical (unpaired) electrons. The third-order valence-corrected chi connectivity index (χ3v) is 3.02. The van der Waals surface area contributed by atoms with Crippen molar-refractivity contribution >= 4 is 0 Å². The van der Waals surface area contributed by atoms with Gasteiger partial charge in [-0.05, 0) is 31.0 Å². The average molecular weight is 241 g/mol. The molecular formula is C15H19N3. The first kappa shape index (κ1) is 12.6. The van der Waals surface area contributed by atoms with Gasteiger partial charge in [-0.1, -0.05) is 37.3 Å². The number of rotatable bonds is 5. The van der Waals surface area contributed by atoms with Crippen molar-refractivity contribution in [1.82, 2.24) is 9.78 Å². The fraction of sp³-hybridized carbons (Fsp3) is 0.267. The second-order valence-electron chi connectivity index (χ2n) is 4.43. The molecule has 2 aromatic rings. The summed E-state index contributed by atoms with van der Waals surface area (Å²) in [6.45, 7) is 6.08. The Balaban J connectivity index is 2.13. The molecular weight excluding hydrogens is 222 g/mol. The fourth-order valence-corrected chi connectivity index (χ4v) is 1.82. The van der Waals surface area contributed by atoms with Crippen LogP contribution in [0.1, 0.15) is 31.5 Å². The lowest BCUT2D eigenvalue weighted by atomic mass is 10.0. The molecule has 0 aliphatic heterocycles. The summed E-state index contributed by atoms with van der Waals surface area (Å²) in [6, 6.07) is 11.9. The van der Waals surface area contributed by atoms with Crippen molar-refractivity contribution in [2.24, 2.45) is 5.73 Å². The number of benzene rings is 1. The smallest absolute Gasteiger partial charge is 0.0799 e. The van der Waals surface area contributed by atoms with Crippen LogP contribution in [0, 0.1) is 0 Å². The van der Waals surface area contributed by atoms with E-state index in [-0.39, 0.29) is 6.04 Å². The van der Waals surface area contributed by atoms with Gasteiger partial charge in [-0.15, -0.1) is 0 Å². The third kappa shape index (κ3) is 2.87. The van der Waals surface area contributed by atoms with Crippen LogP contribution in [-0.4, -0.2) is 9.78 Å². The number of nitrogens with zero attached hydrogens (tertiary/aromatic N) is 2. The quantitative estimate of drug-likeness (QED) is 0.817. The largest absolute Gasteiger partial charge is 0.322 e. The molecule has 1 heterocycles. The maximum atomic E-state index is 6.13. The minimum absolute atomic E-state index is 0.0672. The Kier molecular flexibility index (Phi) is 3.95. The first-order valence-electron chi connectivity index (χ1n) is 6.24. The third-order valence-electron chi connectivity index (χ3n) is 3.02. The zero-order valence-corrected chi connectivity index (χ0v) is 10.7. The number of para-hydroxylation sites is 1. The molecule has 2 N–H and O–H groups in total. The molecule has 2 rings (SSSR count). The Hall–Kier alpha value is -1.87. The van der Waals surface area contributed by atoms with Gasteiger partial charge >= 0.3 is 0 Å². The molecule has 0 aliphatic rings. The van der Waals surface area contributed by atoms with Gasteiger partial charge in [0, 0.05) is 6.20 Å². The molecule has 0 amide bonds. The average Bonchev–Trinajstić information content (AvgIpc) is 2.89. The lowest BCUT2D eigenvalue weighted by Gasteiger charge is -2.09. The summed E-state index contributed by atoms with van der Waals surface area (Å²) >= 11 is 0. The van der Waals surface area contributed by atoms with E-state index in [0.717, 1.165) is 29.8 Å². The monoisotopic (exact) mass is 241 g/mol. The van der Waals surface area contributed by atoms with Crippen molar-refractivity contribution < 1.29 is 0 Å². The van der Waals surface area contributed by atoms with Crippen LogP contribution in [0.2, 0.25) is 0 Å². The van der Waals surface area contributed by atoms with Crippen molar-refractivity contribution in [1.29, 1.82) is 0 Å². The van der Waals surface area contributed by atoms with Crippen molar-refractivity contribution in [2.45, 2.75) is 25.8 Å². The Morgan fingerprint density at radius 3 is 2.72 bits per heavy atom. The molecule has 18 heavy (non-hydrogen) atoms. The van der Waals surface area contributed by atoms with Crippen molar-refractivity contribution in [3.63, 3.8) is 0 Å². The standard InChI is InChI=1S/C15H19N3/c1-3-12(2)11-14(16)15-9-10-18(17-15)13-7-5-4-6-8-13/h4-10,14H,2-3,11,16H2,1H3. The first-order valence-corrected chi connectivity index (χ1v) is 6.24. The summed E-state index contributed by atoms with van der Waals surface area (Å²) < 4.78 is 1.85. The van der Waals surface area contributed by atoms with Gasteiger partial charge in [0.25, 0.3) is 0 Å². The van der Waals surface area contributed by atoms with Gasteiger partial charge in [-0.25, -0.2) is 4.68 Å². The van der Waals surface area contributed by atoms with E-state index in [1.165, 1.54) is 0 Å². The second kappa shape index (κ2) is 5.65. The van der Waals surface area contributed by atoms with Crippen LogP contribution in [0.3, 0.4) is 0 Å². The topological polar surface area (TPSA) is 43.8 Å². The van der Waals surface area contributed by atoms with Crippen LogP contribution < -0.4 is 5.73 Å². The van der Waals surface area contributed by atoms with Crippen molar-refractivity contribution in [3.8, 4) is 5.69 Å². The van der Waals surface area contributed by atoms with E-state index in [9.17, 15) is 0 Å². The van der Waals surface area contributed by atoms with Gasteiger partial charge in [-0.2, -0.15) is 5.10 Å². The van der Waals surface area contributed by atoms with Crippen LogP contribution in [0.5, 0.6) is 0 Å². The van der Waals surface area contributed by atoms with E-state index in [1.807, 2.05) is 47.3 Å². The van der Waals surface area contributed by atoms with E-state index < -0.39 is 0 Å². The van der Waals surface area contributed by atoms with Crippen LogP contribution in [0.4, 0.5) is 0 Å². The molecule has 3 nitrogen and oxygen atoms in total. The van der Waals surface area contributed by atoms with Crippen LogP contribution in [0.25, 0.3) is 5.69 Å². The zero-order chi connectivity index (χ0) is 13.0. The summed E-state index contributed by atoms with van der Waals surface area (Å²) in [5.41, 5.74) is 9.25. The van der Waals surface area contributed by atoms with Crippen molar-refractivity contribution in [2.75, 3.05) is 0 Å². The number of nitrogens with two attached hydrogens (primary N) is 1. The molecule has 1 unspecified atom stereocenters. The SMILES string of the molecule is C=C(CC)CC(N)c1ccn(-c2ccccc2)n1. The summed E-state index contributed by atoms with van der Waals surface area (Å²) in [5.74, 6) is 0. The number of hydrogen-bond donors (Lipinski definition) is 1. The molecule has 1 aromatic heterocycles. The highest BCUT2D eigenvalue weighted by molar-refractivity contribution is 5.30. The minimum Gasteiger partial charge on any atom is -0.322 e. The molecule has 1 aromatic carbocycles. The zero-order valence-electron chi connectivity index (χ0n) is 10.7. The minimum atomic E-state index is -0.0672. The molecule has 0 spiro atoms. The lowest BCUT2D eigenvalue weighted by molar-refractivity contribution is 0.664. The number of aromatic nitrogens is 2. The van der Waals surface area contributed by atoms with Crippen molar-refractivity contribution in [3.05, 3.63) is 60.4 Å². The summed E-state index contributed by atoms with van der Waals surface area (Å²) in [6.07, 6.45) is 3.70. The maximum absolute atomic E-state index is 6.13. The number of hydrogen-bond acceptors (Lipinski definition) is 2. The summed E-state index contributed by atoms with van der Waals surface area (Å²) in [4.78, 5) is 0. The Morgan fingerprint density at radius 2 is 2.06 bits per heavy atom. The second-order valence-corrected chi connectivity index (χ2v) is 4.43. The van der Waals surface area contributed by atoms with Gasteiger partial charge in [0.05, 0.1) is 17.4 Å². The van der Waals surface area contributed by atoms with E-state index in [0.29, 0.717) is 0 Å². The highest BCUT2D eigenvalue weighted by Crippen LogP contribution is 2.18. The Bertz CT molecular complexity index is 514. The molecule has 0 fully saturated rings. The van der Waals surface area contributed by atoms with Gasteiger partial charge in [-0.3, -0.25) is 0 Å². The highest BCUT2D eigenvalue weighted by Gasteiger charge is 2.10. The predicted octanol–water partition coefficient (Wildman–Crippen LogP) is 3.23. The van der Waals surface area contributed by atoms with Crippen LogP contribution in [0.15, 0.2) is 54.7 Å². The maximum Gasteiger partial charge on any atom is 0.0799 e. The lowest BCUT2D eigenvalue weighted by Crippen LogP contribution is -2.12. The van der Waals surface area contributed by atoms with Gasteiger partial charge in [0.15, 0.2) is 0 Å². The van der Waals surface area contributed by atoms with E-state index in [1.54, 1.807) is 0 Å². The van der Waals surface area contributed by atoms with Crippen LogP contribution in [-0.2, 0) is 0 Å². The molecule has 0 saturated carbocycles. The summed E-state index contributed by atoms with van der Waals surface area (Å²) in [5, 5.41) is 4.52. The van der Waals surface area contributed by atoms with Gasteiger partial charge in [0.2, 0.25) is 0 Å². The Morgan fingerprint density at radius 1 is 1.33 bits per heavy atom. The first-order chi connectivity index (χ1) is 8.70. The molecule has 94 valence electrons. The normalized spacial score (nSPS) is 12.3. The van der Waals surface area contributed by atoms with E-state index in [4.69, 9.17) is 5.73 Å². The molecule has 0 saturated heterocycles. The van der Waals surface area contributed by atoms with E-state index >= 15 is 0 Å². The van der Waals surface area contributed by atoms with E-state index in [2.05, 4.69) is 18.6 Å². The van der Waals surface area contributed by atoms with Gasteiger partial charge < -0.3 is 5.73 Å². The highest BCUT2D eigenvalue weighted by atomic mass is 15.3. The fourth-order valence-electron chi connectivity index (χ4n) is 1.82. The summed E-state index contributed by atoms with van der Waals surface area (Å²) in [7, 11) is 0.